The van der Waals surface area contributed by atoms with Crippen molar-refractivity contribution in [2.45, 2.75) is 43.9 Å². The van der Waals surface area contributed by atoms with Gasteiger partial charge in [-0.1, -0.05) is 36.4 Å². The number of methoxy groups -OCH3 is 1. The predicted octanol–water partition coefficient (Wildman–Crippen LogP) is 5.24. The first kappa shape index (κ1) is 29.0. The zero-order chi connectivity index (χ0) is 28.1. The average molecular weight is 539 g/mol. The highest BCUT2D eigenvalue weighted by Gasteiger charge is 2.64. The van der Waals surface area contributed by atoms with Crippen LogP contribution in [-0.2, 0) is 24.7 Å². The van der Waals surface area contributed by atoms with Gasteiger partial charge in [0.15, 0.2) is 11.6 Å². The number of likely N-dealkylation sites (tertiary alicyclic amines) is 1. The smallest absolute Gasteiger partial charge is 0.430 e. The van der Waals surface area contributed by atoms with Crippen LogP contribution in [-0.4, -0.2) is 49.8 Å². The third-order valence-corrected chi connectivity index (χ3v) is 7.05. The van der Waals surface area contributed by atoms with Crippen molar-refractivity contribution >= 4 is 11.9 Å². The first-order valence-electron chi connectivity index (χ1n) is 11.9. The molecule has 0 aromatic heterocycles. The molecule has 1 amide bonds. The number of carbonyl (C=O) groups excluding carboxylic acids is 2. The molecule has 0 radical (unpaired) electrons. The number of esters is 1. The number of halogens is 5. The van der Waals surface area contributed by atoms with E-state index in [-0.39, 0.29) is 50.1 Å². The standard InChI is InChI=1S/C27H27F5N2O4/c1-3-38-23(35)16-25(20(17-33)18-9-10-21(28)22(29)15-18)11-13-34(14-12-25)24(36)26(37-2,27(30,31)32)19-7-5-4-6-8-19/h4-10,15,20H,3,11-14,16H2,1-2H3/t20?,26-/m1/s1. The van der Waals surface area contributed by atoms with E-state index in [0.29, 0.717) is 0 Å². The summed E-state index contributed by atoms with van der Waals surface area (Å²) in [5.41, 5.74) is -4.74. The monoisotopic (exact) mass is 538 g/mol. The van der Waals surface area contributed by atoms with Gasteiger partial charge in [0, 0.05) is 31.2 Å². The minimum Gasteiger partial charge on any atom is -0.466 e. The van der Waals surface area contributed by atoms with Crippen LogP contribution in [0.4, 0.5) is 22.0 Å². The van der Waals surface area contributed by atoms with Crippen LogP contribution in [0.15, 0.2) is 48.5 Å². The summed E-state index contributed by atoms with van der Waals surface area (Å²) in [5, 5.41) is 10.0. The third-order valence-electron chi connectivity index (χ3n) is 7.05. The number of nitrogens with zero attached hydrogens (tertiary/aromatic N) is 2. The highest BCUT2D eigenvalue weighted by molar-refractivity contribution is 5.88. The van der Waals surface area contributed by atoms with Gasteiger partial charge in [0.25, 0.3) is 11.5 Å². The summed E-state index contributed by atoms with van der Waals surface area (Å²) >= 11 is 0. The van der Waals surface area contributed by atoms with E-state index in [2.05, 4.69) is 6.07 Å². The second kappa shape index (κ2) is 11.5. The molecule has 1 fully saturated rings. The lowest BCUT2D eigenvalue weighted by Gasteiger charge is -2.46. The van der Waals surface area contributed by atoms with Crippen molar-refractivity contribution in [1.29, 1.82) is 5.26 Å². The molecule has 1 unspecified atom stereocenters. The van der Waals surface area contributed by atoms with Crippen molar-refractivity contribution < 1.29 is 41.0 Å². The zero-order valence-electron chi connectivity index (χ0n) is 20.9. The maximum atomic E-state index is 14.4. The summed E-state index contributed by atoms with van der Waals surface area (Å²) in [6.07, 6.45) is -5.53. The Morgan fingerprint density at radius 3 is 2.21 bits per heavy atom. The quantitative estimate of drug-likeness (QED) is 0.339. The molecule has 11 heteroatoms. The molecule has 1 aliphatic rings. The number of hydrogen-bond donors (Lipinski definition) is 0. The van der Waals surface area contributed by atoms with Gasteiger partial charge in [-0.25, -0.2) is 8.78 Å². The molecule has 1 heterocycles. The maximum Gasteiger partial charge on any atom is 0.430 e. The van der Waals surface area contributed by atoms with Crippen LogP contribution < -0.4 is 0 Å². The third kappa shape index (κ3) is 5.36. The second-order valence-electron chi connectivity index (χ2n) is 9.12. The van der Waals surface area contributed by atoms with E-state index in [9.17, 15) is 36.8 Å². The Kier molecular flexibility index (Phi) is 8.77. The van der Waals surface area contributed by atoms with Gasteiger partial charge in [0.05, 0.1) is 25.0 Å². The molecule has 0 spiro atoms. The number of carbonyl (C=O) groups is 2. The minimum absolute atomic E-state index is 0.0565. The van der Waals surface area contributed by atoms with E-state index < -0.39 is 46.6 Å². The first-order chi connectivity index (χ1) is 18.0. The second-order valence-corrected chi connectivity index (χ2v) is 9.12. The summed E-state index contributed by atoms with van der Waals surface area (Å²) in [6.45, 7) is 1.16. The number of amides is 1. The van der Waals surface area contributed by atoms with Gasteiger partial charge in [-0.2, -0.15) is 18.4 Å². The fourth-order valence-electron chi connectivity index (χ4n) is 5.10. The minimum atomic E-state index is -5.10. The summed E-state index contributed by atoms with van der Waals surface area (Å²) in [6, 6.07) is 11.5. The molecular formula is C27H27F5N2O4. The summed E-state index contributed by atoms with van der Waals surface area (Å²) in [7, 11) is 0.808. The Labute approximate surface area is 216 Å². The molecule has 204 valence electrons. The van der Waals surface area contributed by atoms with Crippen molar-refractivity contribution in [1.82, 2.24) is 4.90 Å². The maximum absolute atomic E-state index is 14.4. The Bertz CT molecular complexity index is 1190. The Hall–Kier alpha value is -3.52. The Balaban J connectivity index is 1.98. The molecule has 1 saturated heterocycles. The highest BCUT2D eigenvalue weighted by atomic mass is 19.4. The zero-order valence-corrected chi connectivity index (χ0v) is 20.9. The van der Waals surface area contributed by atoms with E-state index >= 15 is 0 Å². The molecule has 0 N–H and O–H groups in total. The van der Waals surface area contributed by atoms with E-state index in [1.54, 1.807) is 6.92 Å². The van der Waals surface area contributed by atoms with E-state index in [4.69, 9.17) is 9.47 Å². The van der Waals surface area contributed by atoms with Gasteiger partial charge in [-0.15, -0.1) is 0 Å². The number of rotatable bonds is 8. The van der Waals surface area contributed by atoms with Crippen molar-refractivity contribution in [2.24, 2.45) is 5.41 Å². The van der Waals surface area contributed by atoms with Crippen LogP contribution in [0.1, 0.15) is 43.2 Å². The van der Waals surface area contributed by atoms with Crippen LogP contribution in [0.3, 0.4) is 0 Å². The number of benzene rings is 2. The topological polar surface area (TPSA) is 79.6 Å². The fraction of sp³-hybridized carbons (Fsp3) is 0.444. The molecule has 2 aromatic rings. The Morgan fingerprint density at radius 1 is 1.08 bits per heavy atom. The number of ether oxygens (including phenoxy) is 2. The summed E-state index contributed by atoms with van der Waals surface area (Å²) in [5.74, 6) is -5.40. The summed E-state index contributed by atoms with van der Waals surface area (Å²) < 4.78 is 80.7. The summed E-state index contributed by atoms with van der Waals surface area (Å²) in [4.78, 5) is 27.0. The lowest BCUT2D eigenvalue weighted by molar-refractivity contribution is -0.271. The van der Waals surface area contributed by atoms with E-state index in [0.717, 1.165) is 36.3 Å². The Morgan fingerprint density at radius 2 is 1.71 bits per heavy atom. The van der Waals surface area contributed by atoms with Crippen molar-refractivity contribution in [3.8, 4) is 6.07 Å². The highest BCUT2D eigenvalue weighted by Crippen LogP contribution is 2.49. The number of nitriles is 1. The van der Waals surface area contributed by atoms with Gasteiger partial charge in [-0.3, -0.25) is 9.59 Å². The van der Waals surface area contributed by atoms with Crippen molar-refractivity contribution in [2.75, 3.05) is 26.8 Å². The number of piperidine rings is 1. The van der Waals surface area contributed by atoms with Gasteiger partial charge in [-0.05, 0) is 37.5 Å². The molecule has 38 heavy (non-hydrogen) atoms. The lowest BCUT2D eigenvalue weighted by atomic mass is 9.64. The molecule has 2 aromatic carbocycles. The molecule has 3 rings (SSSR count). The average Bonchev–Trinajstić information content (AvgIpc) is 2.87. The largest absolute Gasteiger partial charge is 0.466 e. The normalized spacial score (nSPS) is 17.7. The van der Waals surface area contributed by atoms with E-state index in [1.165, 1.54) is 24.3 Å². The first-order valence-corrected chi connectivity index (χ1v) is 11.9. The van der Waals surface area contributed by atoms with Crippen LogP contribution in [0, 0.1) is 28.4 Å². The fourth-order valence-corrected chi connectivity index (χ4v) is 5.10. The number of alkyl halides is 3. The predicted molar refractivity (Wildman–Crippen MR) is 125 cm³/mol. The van der Waals surface area contributed by atoms with Gasteiger partial charge < -0.3 is 14.4 Å². The van der Waals surface area contributed by atoms with Gasteiger partial charge >= 0.3 is 12.1 Å². The van der Waals surface area contributed by atoms with Crippen LogP contribution in [0.25, 0.3) is 0 Å². The molecule has 0 saturated carbocycles. The lowest BCUT2D eigenvalue weighted by Crippen LogP contribution is -2.59. The van der Waals surface area contributed by atoms with E-state index in [1.807, 2.05) is 0 Å². The molecule has 6 nitrogen and oxygen atoms in total. The van der Waals surface area contributed by atoms with Crippen molar-refractivity contribution in [3.05, 3.63) is 71.3 Å². The van der Waals surface area contributed by atoms with Gasteiger partial charge in [0.1, 0.15) is 0 Å². The molecule has 1 aliphatic heterocycles. The van der Waals surface area contributed by atoms with Crippen LogP contribution in [0.5, 0.6) is 0 Å². The molecule has 2 atom stereocenters. The van der Waals surface area contributed by atoms with Crippen LogP contribution >= 0.6 is 0 Å². The van der Waals surface area contributed by atoms with Crippen LogP contribution in [0.2, 0.25) is 0 Å². The van der Waals surface area contributed by atoms with Crippen molar-refractivity contribution in [3.63, 3.8) is 0 Å². The molecular weight excluding hydrogens is 511 g/mol. The number of hydrogen-bond acceptors (Lipinski definition) is 5. The molecule has 0 bridgehead atoms. The molecule has 0 aliphatic carbocycles. The van der Waals surface area contributed by atoms with Gasteiger partial charge in [0.2, 0.25) is 0 Å². The SMILES string of the molecule is CCOC(=O)CC1(C(C#N)c2ccc(F)c(F)c2)CCN(C(=O)[C@](OC)(c2ccccc2)C(F)(F)F)CC1.